The molecule has 88 valence electrons. The average Bonchev–Trinajstić information content (AvgIpc) is 2.26. The van der Waals surface area contributed by atoms with Gasteiger partial charge in [0.05, 0.1) is 5.52 Å². The number of hydrogen-bond acceptors (Lipinski definition) is 2. The fourth-order valence-electron chi connectivity index (χ4n) is 1.93. The standard InChI is InChI=1S/C12H10FNO3/c1-6-8-5-7(13)3-4-9(8)14(2)11(15)10(6)12(16)17/h3-5H,1-2H3,(H,16,17). The largest absolute Gasteiger partial charge is 0.477 e. The number of rotatable bonds is 1. The summed E-state index contributed by atoms with van der Waals surface area (Å²) in [5.74, 6) is -1.76. The Kier molecular flexibility index (Phi) is 2.46. The highest BCUT2D eigenvalue weighted by molar-refractivity contribution is 5.95. The molecular weight excluding hydrogens is 225 g/mol. The summed E-state index contributed by atoms with van der Waals surface area (Å²) in [6, 6.07) is 3.93. The van der Waals surface area contributed by atoms with Crippen LogP contribution < -0.4 is 5.56 Å². The minimum Gasteiger partial charge on any atom is -0.477 e. The molecule has 0 aliphatic carbocycles. The van der Waals surface area contributed by atoms with E-state index in [0.717, 1.165) is 0 Å². The zero-order valence-corrected chi connectivity index (χ0v) is 9.32. The highest BCUT2D eigenvalue weighted by Crippen LogP contribution is 2.20. The van der Waals surface area contributed by atoms with Gasteiger partial charge in [-0.2, -0.15) is 0 Å². The quantitative estimate of drug-likeness (QED) is 0.818. The van der Waals surface area contributed by atoms with Crippen molar-refractivity contribution in [1.29, 1.82) is 0 Å². The van der Waals surface area contributed by atoms with Crippen molar-refractivity contribution < 1.29 is 14.3 Å². The van der Waals surface area contributed by atoms with E-state index in [-0.39, 0.29) is 11.1 Å². The van der Waals surface area contributed by atoms with Crippen LogP contribution in [0.5, 0.6) is 0 Å². The molecule has 17 heavy (non-hydrogen) atoms. The Balaban J connectivity index is 3.06. The third-order valence-electron chi connectivity index (χ3n) is 2.83. The number of halogens is 1. The molecule has 2 aromatic rings. The smallest absolute Gasteiger partial charge is 0.341 e. The number of aromatic carboxylic acids is 1. The fraction of sp³-hybridized carbons (Fsp3) is 0.167. The Hall–Kier alpha value is -2.17. The van der Waals surface area contributed by atoms with Crippen LogP contribution in [0.15, 0.2) is 23.0 Å². The topological polar surface area (TPSA) is 59.3 Å². The van der Waals surface area contributed by atoms with Gasteiger partial charge in [-0.1, -0.05) is 0 Å². The van der Waals surface area contributed by atoms with Crippen molar-refractivity contribution >= 4 is 16.9 Å². The normalized spacial score (nSPS) is 10.8. The number of aryl methyl sites for hydroxylation is 2. The molecular formula is C12H10FNO3. The van der Waals surface area contributed by atoms with Gasteiger partial charge in [-0.25, -0.2) is 9.18 Å². The van der Waals surface area contributed by atoms with E-state index in [1.54, 1.807) is 0 Å². The van der Waals surface area contributed by atoms with Crippen LogP contribution in [-0.4, -0.2) is 15.6 Å². The third kappa shape index (κ3) is 1.60. The van der Waals surface area contributed by atoms with Crippen LogP contribution in [0.25, 0.3) is 10.9 Å². The lowest BCUT2D eigenvalue weighted by atomic mass is 10.0. The first-order chi connectivity index (χ1) is 7.93. The predicted octanol–water partition coefficient (Wildman–Crippen LogP) is 1.68. The molecule has 4 nitrogen and oxygen atoms in total. The Morgan fingerprint density at radius 1 is 1.41 bits per heavy atom. The summed E-state index contributed by atoms with van der Waals surface area (Å²) < 4.78 is 14.4. The summed E-state index contributed by atoms with van der Waals surface area (Å²) in [4.78, 5) is 22.8. The maximum Gasteiger partial charge on any atom is 0.341 e. The molecule has 0 spiro atoms. The highest BCUT2D eigenvalue weighted by Gasteiger charge is 2.17. The number of carboxylic acids is 1. The van der Waals surface area contributed by atoms with E-state index in [1.807, 2.05) is 0 Å². The van der Waals surface area contributed by atoms with E-state index in [4.69, 9.17) is 5.11 Å². The molecule has 0 fully saturated rings. The van der Waals surface area contributed by atoms with Crippen molar-refractivity contribution in [3.8, 4) is 0 Å². The molecule has 1 N–H and O–H groups in total. The van der Waals surface area contributed by atoms with Crippen LogP contribution >= 0.6 is 0 Å². The van der Waals surface area contributed by atoms with Crippen molar-refractivity contribution in [2.24, 2.45) is 7.05 Å². The Morgan fingerprint density at radius 3 is 2.65 bits per heavy atom. The molecule has 0 aliphatic rings. The van der Waals surface area contributed by atoms with Crippen LogP contribution in [0.2, 0.25) is 0 Å². The second-order valence-corrected chi connectivity index (χ2v) is 3.83. The van der Waals surface area contributed by atoms with Gasteiger partial charge < -0.3 is 9.67 Å². The number of fused-ring (bicyclic) bond motifs is 1. The first-order valence-corrected chi connectivity index (χ1v) is 4.95. The number of carboxylic acid groups (broad SMARTS) is 1. The third-order valence-corrected chi connectivity index (χ3v) is 2.83. The van der Waals surface area contributed by atoms with Crippen molar-refractivity contribution in [3.05, 3.63) is 45.5 Å². The fourth-order valence-corrected chi connectivity index (χ4v) is 1.93. The minimum atomic E-state index is -1.30. The molecule has 2 rings (SSSR count). The summed E-state index contributed by atoms with van der Waals surface area (Å²) in [7, 11) is 1.47. The van der Waals surface area contributed by atoms with E-state index >= 15 is 0 Å². The van der Waals surface area contributed by atoms with Crippen LogP contribution in [0.1, 0.15) is 15.9 Å². The van der Waals surface area contributed by atoms with E-state index in [9.17, 15) is 14.0 Å². The SMILES string of the molecule is Cc1c(C(=O)O)c(=O)n(C)c2ccc(F)cc12. The number of benzene rings is 1. The van der Waals surface area contributed by atoms with Crippen LogP contribution in [0.3, 0.4) is 0 Å². The van der Waals surface area contributed by atoms with Gasteiger partial charge >= 0.3 is 5.97 Å². The molecule has 0 saturated heterocycles. The Morgan fingerprint density at radius 2 is 2.06 bits per heavy atom. The van der Waals surface area contributed by atoms with Gasteiger partial charge in [-0.05, 0) is 30.7 Å². The van der Waals surface area contributed by atoms with Crippen molar-refractivity contribution in [1.82, 2.24) is 4.57 Å². The molecule has 1 heterocycles. The van der Waals surface area contributed by atoms with Gasteiger partial charge in [0, 0.05) is 12.4 Å². The summed E-state index contributed by atoms with van der Waals surface area (Å²) in [6.45, 7) is 1.51. The van der Waals surface area contributed by atoms with Crippen LogP contribution in [-0.2, 0) is 7.05 Å². The highest BCUT2D eigenvalue weighted by atomic mass is 19.1. The second-order valence-electron chi connectivity index (χ2n) is 3.83. The van der Waals surface area contributed by atoms with Crippen molar-refractivity contribution in [3.63, 3.8) is 0 Å². The second kappa shape index (κ2) is 3.69. The predicted molar refractivity (Wildman–Crippen MR) is 60.8 cm³/mol. The van der Waals surface area contributed by atoms with Gasteiger partial charge in [0.15, 0.2) is 0 Å². The zero-order chi connectivity index (χ0) is 12.7. The molecule has 0 amide bonds. The summed E-state index contributed by atoms with van der Waals surface area (Å²) in [6.07, 6.45) is 0. The molecule has 5 heteroatoms. The molecule has 0 saturated carbocycles. The van der Waals surface area contributed by atoms with Crippen molar-refractivity contribution in [2.75, 3.05) is 0 Å². The van der Waals surface area contributed by atoms with E-state index < -0.39 is 17.3 Å². The number of carbonyl (C=O) groups is 1. The average molecular weight is 235 g/mol. The first-order valence-electron chi connectivity index (χ1n) is 4.95. The monoisotopic (exact) mass is 235 g/mol. The summed E-state index contributed by atoms with van der Waals surface area (Å²) >= 11 is 0. The first kappa shape index (κ1) is 11.3. The molecule has 0 aliphatic heterocycles. The zero-order valence-electron chi connectivity index (χ0n) is 9.32. The van der Waals surface area contributed by atoms with Crippen LogP contribution in [0.4, 0.5) is 4.39 Å². The van der Waals surface area contributed by atoms with E-state index in [1.165, 1.54) is 36.7 Å². The maximum atomic E-state index is 13.1. The number of pyridine rings is 1. The number of hydrogen-bond donors (Lipinski definition) is 1. The van der Waals surface area contributed by atoms with E-state index in [2.05, 4.69) is 0 Å². The van der Waals surface area contributed by atoms with Gasteiger partial charge in [0.1, 0.15) is 11.4 Å². The number of aromatic nitrogens is 1. The Labute approximate surface area is 95.9 Å². The molecule has 0 unspecified atom stereocenters. The van der Waals surface area contributed by atoms with Crippen LogP contribution in [0, 0.1) is 12.7 Å². The van der Waals surface area contributed by atoms with Gasteiger partial charge in [-0.15, -0.1) is 0 Å². The molecule has 0 atom stereocenters. The Bertz CT molecular complexity index is 688. The number of nitrogens with zero attached hydrogens (tertiary/aromatic N) is 1. The molecule has 0 radical (unpaired) electrons. The molecule has 0 bridgehead atoms. The lowest BCUT2D eigenvalue weighted by molar-refractivity contribution is 0.0694. The lowest BCUT2D eigenvalue weighted by Crippen LogP contribution is -2.26. The summed E-state index contributed by atoms with van der Waals surface area (Å²) in [5.41, 5.74) is -0.103. The lowest BCUT2D eigenvalue weighted by Gasteiger charge is -2.10. The van der Waals surface area contributed by atoms with E-state index in [0.29, 0.717) is 10.9 Å². The molecule has 1 aromatic carbocycles. The summed E-state index contributed by atoms with van der Waals surface area (Å²) in [5, 5.41) is 9.43. The minimum absolute atomic E-state index is 0.287. The molecule has 1 aromatic heterocycles. The van der Waals surface area contributed by atoms with Gasteiger partial charge in [-0.3, -0.25) is 4.79 Å². The van der Waals surface area contributed by atoms with Gasteiger partial charge in [0.2, 0.25) is 0 Å². The van der Waals surface area contributed by atoms with Crippen molar-refractivity contribution in [2.45, 2.75) is 6.92 Å². The van der Waals surface area contributed by atoms with Gasteiger partial charge in [0.25, 0.3) is 5.56 Å². The maximum absolute atomic E-state index is 13.1.